The Kier molecular flexibility index (Phi) is 6.46. The molecule has 2 saturated heterocycles. The summed E-state index contributed by atoms with van der Waals surface area (Å²) in [4.78, 5) is 11.6. The van der Waals surface area contributed by atoms with Crippen LogP contribution in [0.4, 0.5) is 5.82 Å². The molecule has 0 amide bonds. The van der Waals surface area contributed by atoms with E-state index in [0.717, 1.165) is 54.6 Å². The summed E-state index contributed by atoms with van der Waals surface area (Å²) in [5.41, 5.74) is 2.78. The minimum atomic E-state index is -0.442. The van der Waals surface area contributed by atoms with Crippen molar-refractivity contribution in [3.05, 3.63) is 34.6 Å². The van der Waals surface area contributed by atoms with Crippen molar-refractivity contribution in [2.24, 2.45) is 0 Å². The van der Waals surface area contributed by atoms with Crippen molar-refractivity contribution in [3.8, 4) is 11.5 Å². The third-order valence-corrected chi connectivity index (χ3v) is 6.00. The Morgan fingerprint density at radius 2 is 1.77 bits per heavy atom. The molecule has 0 radical (unpaired) electrons. The van der Waals surface area contributed by atoms with Crippen LogP contribution in [0, 0.1) is 6.92 Å². The van der Waals surface area contributed by atoms with Gasteiger partial charge in [-0.2, -0.15) is 4.98 Å². The number of piperidine rings is 1. The largest absolute Gasteiger partial charge is 0.356 e. The number of pyridine rings is 1. The van der Waals surface area contributed by atoms with Crippen LogP contribution >= 0.6 is 11.6 Å². The number of halogens is 1. The molecule has 166 valence electrons. The predicted molar refractivity (Wildman–Crippen MR) is 122 cm³/mol. The van der Waals surface area contributed by atoms with E-state index in [2.05, 4.69) is 34.1 Å². The maximum absolute atomic E-state index is 6.58. The van der Waals surface area contributed by atoms with Gasteiger partial charge in [-0.1, -0.05) is 37.5 Å². The van der Waals surface area contributed by atoms with Crippen LogP contribution in [-0.2, 0) is 15.9 Å². The van der Waals surface area contributed by atoms with Crippen molar-refractivity contribution in [2.45, 2.75) is 52.7 Å². The average Bonchev–Trinajstić information content (AvgIpc) is 3.44. The lowest BCUT2D eigenvalue weighted by Crippen LogP contribution is -2.45. The third-order valence-electron chi connectivity index (χ3n) is 5.72. The molecule has 3 aromatic rings. The summed E-state index contributed by atoms with van der Waals surface area (Å²) in [6.45, 7) is 10.8. The van der Waals surface area contributed by atoms with E-state index in [0.29, 0.717) is 30.0 Å². The van der Waals surface area contributed by atoms with Gasteiger partial charge >= 0.3 is 0 Å². The lowest BCUT2D eigenvalue weighted by Gasteiger charge is -2.38. The van der Waals surface area contributed by atoms with Crippen LogP contribution in [0.5, 0.6) is 0 Å². The number of hydrogen-bond acceptors (Lipinski definition) is 7. The number of hydrogen-bond donors (Lipinski definition) is 0. The first-order valence-electron chi connectivity index (χ1n) is 11.0. The highest BCUT2D eigenvalue weighted by atomic mass is 35.5. The van der Waals surface area contributed by atoms with E-state index in [9.17, 15) is 0 Å². The molecule has 2 aliphatic heterocycles. The van der Waals surface area contributed by atoms with E-state index in [-0.39, 0.29) is 0 Å². The average molecular weight is 445 g/mol. The molecule has 1 aromatic carbocycles. The van der Waals surface area contributed by atoms with E-state index in [1.807, 2.05) is 26.8 Å². The molecule has 2 aliphatic rings. The molecule has 31 heavy (non-hydrogen) atoms. The quantitative estimate of drug-likeness (QED) is 0.551. The molecule has 0 bridgehead atoms. The van der Waals surface area contributed by atoms with Crippen molar-refractivity contribution < 1.29 is 14.0 Å². The van der Waals surface area contributed by atoms with Gasteiger partial charge in [0.1, 0.15) is 5.82 Å². The van der Waals surface area contributed by atoms with Crippen LogP contribution in [-0.4, -0.2) is 47.2 Å². The van der Waals surface area contributed by atoms with Crippen molar-refractivity contribution in [2.75, 3.05) is 31.2 Å². The van der Waals surface area contributed by atoms with Crippen LogP contribution in [0.15, 0.2) is 22.7 Å². The Hall–Kier alpha value is -2.22. The summed E-state index contributed by atoms with van der Waals surface area (Å²) < 4.78 is 17.2. The molecule has 4 heterocycles. The highest BCUT2D eigenvalue weighted by molar-refractivity contribution is 6.35. The van der Waals surface area contributed by atoms with Gasteiger partial charge < -0.3 is 18.9 Å². The molecule has 0 unspecified atom stereocenters. The molecule has 7 nitrogen and oxygen atoms in total. The van der Waals surface area contributed by atoms with Gasteiger partial charge in [0.2, 0.25) is 0 Å². The summed E-state index contributed by atoms with van der Waals surface area (Å²) in [6, 6.07) is 6.17. The zero-order chi connectivity index (χ0) is 22.0. The molecule has 2 fully saturated rings. The first-order chi connectivity index (χ1) is 15.1. The Bertz CT molecular complexity index is 1050. The van der Waals surface area contributed by atoms with Crippen molar-refractivity contribution in [1.29, 1.82) is 0 Å². The number of ether oxygens (including phenoxy) is 2. The summed E-state index contributed by atoms with van der Waals surface area (Å²) in [7, 11) is 0. The SMILES string of the molecule is CC.CCc1cc(Cl)c2nc(N3CCC4(CC3)OCCO4)c(-c3nc(C)no3)cc2c1. The van der Waals surface area contributed by atoms with E-state index >= 15 is 0 Å². The zero-order valence-corrected chi connectivity index (χ0v) is 19.3. The number of aromatic nitrogens is 3. The molecule has 2 aromatic heterocycles. The molecule has 0 atom stereocenters. The monoisotopic (exact) mass is 444 g/mol. The van der Waals surface area contributed by atoms with Gasteiger partial charge in [0.25, 0.3) is 5.89 Å². The van der Waals surface area contributed by atoms with E-state index in [4.69, 9.17) is 30.6 Å². The molecule has 0 saturated carbocycles. The van der Waals surface area contributed by atoms with Gasteiger partial charge in [-0.3, -0.25) is 0 Å². The molecular formula is C23H29ClN4O3. The van der Waals surface area contributed by atoms with Crippen LogP contribution < -0.4 is 4.90 Å². The second kappa shape index (κ2) is 9.10. The minimum Gasteiger partial charge on any atom is -0.356 e. The fraction of sp³-hybridized carbons (Fsp3) is 0.522. The summed E-state index contributed by atoms with van der Waals surface area (Å²) in [5, 5.41) is 5.60. The highest BCUT2D eigenvalue weighted by Gasteiger charge is 2.40. The smallest absolute Gasteiger partial charge is 0.261 e. The number of anilines is 1. The van der Waals surface area contributed by atoms with E-state index in [1.54, 1.807) is 0 Å². The Morgan fingerprint density at radius 3 is 2.39 bits per heavy atom. The number of aryl methyl sites for hydroxylation is 2. The van der Waals surface area contributed by atoms with E-state index in [1.165, 1.54) is 5.56 Å². The van der Waals surface area contributed by atoms with Crippen molar-refractivity contribution in [1.82, 2.24) is 15.1 Å². The summed E-state index contributed by atoms with van der Waals surface area (Å²) in [5.74, 6) is 1.43. The van der Waals surface area contributed by atoms with Gasteiger partial charge in [0.05, 0.1) is 29.3 Å². The lowest BCUT2D eigenvalue weighted by molar-refractivity contribution is -0.169. The normalized spacial score (nSPS) is 17.8. The highest BCUT2D eigenvalue weighted by Crippen LogP contribution is 2.38. The van der Waals surface area contributed by atoms with Crippen LogP contribution in [0.1, 0.15) is 45.0 Å². The number of rotatable bonds is 3. The van der Waals surface area contributed by atoms with Crippen molar-refractivity contribution >= 4 is 28.3 Å². The van der Waals surface area contributed by atoms with Crippen LogP contribution in [0.2, 0.25) is 5.02 Å². The maximum atomic E-state index is 6.58. The first kappa shape index (κ1) is 22.0. The molecular weight excluding hydrogens is 416 g/mol. The maximum Gasteiger partial charge on any atom is 0.261 e. The van der Waals surface area contributed by atoms with Crippen LogP contribution in [0.3, 0.4) is 0 Å². The van der Waals surface area contributed by atoms with E-state index < -0.39 is 5.79 Å². The number of fused-ring (bicyclic) bond motifs is 1. The lowest BCUT2D eigenvalue weighted by atomic mass is 10.0. The molecule has 5 rings (SSSR count). The fourth-order valence-electron chi connectivity index (χ4n) is 4.15. The minimum absolute atomic E-state index is 0.442. The van der Waals surface area contributed by atoms with Gasteiger partial charge in [-0.05, 0) is 37.1 Å². The Morgan fingerprint density at radius 1 is 1.06 bits per heavy atom. The standard InChI is InChI=1S/C21H23ClN4O3.C2H6/c1-3-14-10-15-12-16(20-23-13(2)25-29-20)19(24-18(15)17(22)11-14)26-6-4-21(5-7-26)27-8-9-28-21;1-2/h10-12H,3-9H2,1-2H3;1-2H3. The van der Waals surface area contributed by atoms with Gasteiger partial charge in [0.15, 0.2) is 11.6 Å². The molecule has 8 heteroatoms. The van der Waals surface area contributed by atoms with Gasteiger partial charge in [-0.15, -0.1) is 0 Å². The van der Waals surface area contributed by atoms with Gasteiger partial charge in [0, 0.05) is 31.3 Å². The fourth-order valence-corrected chi connectivity index (χ4v) is 4.44. The topological polar surface area (TPSA) is 73.5 Å². The summed E-state index contributed by atoms with van der Waals surface area (Å²) >= 11 is 6.58. The molecule has 0 aliphatic carbocycles. The number of benzene rings is 1. The zero-order valence-electron chi connectivity index (χ0n) is 18.6. The van der Waals surface area contributed by atoms with Crippen LogP contribution in [0.25, 0.3) is 22.4 Å². The number of nitrogens with zero attached hydrogens (tertiary/aromatic N) is 4. The molecule has 1 spiro atoms. The predicted octanol–water partition coefficient (Wildman–Crippen LogP) is 5.18. The Balaban J connectivity index is 0.00000112. The summed E-state index contributed by atoms with van der Waals surface area (Å²) in [6.07, 6.45) is 2.48. The third kappa shape index (κ3) is 4.27. The van der Waals surface area contributed by atoms with Crippen molar-refractivity contribution in [3.63, 3.8) is 0 Å². The first-order valence-corrected chi connectivity index (χ1v) is 11.4. The Labute approximate surface area is 187 Å². The second-order valence-corrected chi connectivity index (χ2v) is 8.01. The second-order valence-electron chi connectivity index (χ2n) is 7.60. The molecule has 0 N–H and O–H groups in total. The van der Waals surface area contributed by atoms with Gasteiger partial charge in [-0.25, -0.2) is 4.98 Å².